The van der Waals surface area contributed by atoms with Crippen LogP contribution >= 0.6 is 0 Å². The first-order valence-electron chi connectivity index (χ1n) is 9.45. The number of nitrogens with one attached hydrogen (secondary N) is 1. The van der Waals surface area contributed by atoms with Gasteiger partial charge in [0.15, 0.2) is 0 Å². The molecule has 6 nitrogen and oxygen atoms in total. The number of nitrogens with zero attached hydrogens (tertiary/aromatic N) is 3. The lowest BCUT2D eigenvalue weighted by atomic mass is 9.99. The predicted molar refractivity (Wildman–Crippen MR) is 106 cm³/mol. The highest BCUT2D eigenvalue weighted by Gasteiger charge is 2.28. The van der Waals surface area contributed by atoms with Gasteiger partial charge in [-0.25, -0.2) is 14.0 Å². The van der Waals surface area contributed by atoms with Gasteiger partial charge in [-0.3, -0.25) is 4.90 Å². The molecular formula is C21H23FN4O2. The number of carbonyl (C=O) groups is 2. The Morgan fingerprint density at radius 1 is 1.11 bits per heavy atom. The Kier molecular flexibility index (Phi) is 4.90. The van der Waals surface area contributed by atoms with Gasteiger partial charge in [-0.05, 0) is 42.3 Å². The summed E-state index contributed by atoms with van der Waals surface area (Å²) < 4.78 is 13.1. The lowest BCUT2D eigenvalue weighted by Crippen LogP contribution is -2.33. The smallest absolute Gasteiger partial charge is 0.324 e. The maximum atomic E-state index is 13.1. The van der Waals surface area contributed by atoms with Gasteiger partial charge < -0.3 is 15.1 Å². The second-order valence-corrected chi connectivity index (χ2v) is 7.32. The normalized spacial score (nSPS) is 19.4. The van der Waals surface area contributed by atoms with Crippen molar-refractivity contribution in [3.8, 4) is 0 Å². The van der Waals surface area contributed by atoms with Gasteiger partial charge in [0.2, 0.25) is 0 Å². The summed E-state index contributed by atoms with van der Waals surface area (Å²) in [6.07, 6.45) is 0.855. The van der Waals surface area contributed by atoms with E-state index in [0.717, 1.165) is 17.7 Å². The van der Waals surface area contributed by atoms with Gasteiger partial charge in [0.25, 0.3) is 0 Å². The van der Waals surface area contributed by atoms with Crippen LogP contribution < -0.4 is 10.2 Å². The standard InChI is InChI=1S/C21H23FN4O2/c1-24-11-12-26(21(24)28)19-4-2-3-18(13-19)23-20(27)25-10-9-16(14-25)15-5-7-17(22)8-6-15/h2-8,13,16H,9-12,14H2,1H3,(H,23,27)/t16-/m0/s1. The van der Waals surface area contributed by atoms with Crippen LogP contribution in [-0.4, -0.2) is 55.1 Å². The number of hydrogen-bond acceptors (Lipinski definition) is 2. The van der Waals surface area contributed by atoms with Crippen molar-refractivity contribution >= 4 is 23.4 Å². The van der Waals surface area contributed by atoms with Crippen molar-refractivity contribution in [2.24, 2.45) is 0 Å². The first kappa shape index (κ1) is 18.3. The average Bonchev–Trinajstić information content (AvgIpc) is 3.31. The van der Waals surface area contributed by atoms with E-state index in [1.54, 1.807) is 33.9 Å². The van der Waals surface area contributed by atoms with E-state index in [1.807, 2.05) is 24.3 Å². The molecule has 2 fully saturated rings. The van der Waals surface area contributed by atoms with Crippen LogP contribution in [0.25, 0.3) is 0 Å². The van der Waals surface area contributed by atoms with Gasteiger partial charge in [-0.15, -0.1) is 0 Å². The molecule has 4 rings (SSSR count). The Bertz CT molecular complexity index is 886. The Morgan fingerprint density at radius 3 is 2.61 bits per heavy atom. The molecule has 28 heavy (non-hydrogen) atoms. The fraction of sp³-hybridized carbons (Fsp3) is 0.333. The van der Waals surface area contributed by atoms with Crippen molar-refractivity contribution in [3.05, 3.63) is 59.9 Å². The number of rotatable bonds is 3. The lowest BCUT2D eigenvalue weighted by molar-refractivity contribution is 0.222. The van der Waals surface area contributed by atoms with E-state index < -0.39 is 0 Å². The molecule has 0 aromatic heterocycles. The number of amides is 4. The molecule has 2 aliphatic heterocycles. The van der Waals surface area contributed by atoms with Crippen LogP contribution in [0, 0.1) is 5.82 Å². The molecule has 7 heteroatoms. The van der Waals surface area contributed by atoms with Gasteiger partial charge in [-0.1, -0.05) is 18.2 Å². The second-order valence-electron chi connectivity index (χ2n) is 7.32. The van der Waals surface area contributed by atoms with Crippen molar-refractivity contribution in [3.63, 3.8) is 0 Å². The molecule has 0 radical (unpaired) electrons. The molecule has 4 amide bonds. The van der Waals surface area contributed by atoms with Crippen LogP contribution in [0.3, 0.4) is 0 Å². The molecule has 2 aromatic rings. The monoisotopic (exact) mass is 382 g/mol. The van der Waals surface area contributed by atoms with Crippen molar-refractivity contribution in [1.82, 2.24) is 9.80 Å². The quantitative estimate of drug-likeness (QED) is 0.880. The van der Waals surface area contributed by atoms with Crippen molar-refractivity contribution in [1.29, 1.82) is 0 Å². The Labute approximate surface area is 163 Å². The molecule has 0 bridgehead atoms. The van der Waals surface area contributed by atoms with Crippen LogP contribution in [0.1, 0.15) is 17.9 Å². The zero-order valence-electron chi connectivity index (χ0n) is 15.8. The molecule has 0 saturated carbocycles. The Hall–Kier alpha value is -3.09. The van der Waals surface area contributed by atoms with E-state index in [4.69, 9.17) is 0 Å². The van der Waals surface area contributed by atoms with E-state index in [1.165, 1.54) is 12.1 Å². The first-order valence-corrected chi connectivity index (χ1v) is 9.45. The molecule has 0 spiro atoms. The van der Waals surface area contributed by atoms with Crippen LogP contribution in [-0.2, 0) is 0 Å². The first-order chi connectivity index (χ1) is 13.5. The van der Waals surface area contributed by atoms with E-state index in [-0.39, 0.29) is 23.8 Å². The summed E-state index contributed by atoms with van der Waals surface area (Å²) in [6, 6.07) is 13.6. The average molecular weight is 382 g/mol. The number of urea groups is 2. The third kappa shape index (κ3) is 3.65. The minimum Gasteiger partial charge on any atom is -0.326 e. The van der Waals surface area contributed by atoms with E-state index in [0.29, 0.717) is 31.9 Å². The van der Waals surface area contributed by atoms with Crippen molar-refractivity contribution < 1.29 is 14.0 Å². The van der Waals surface area contributed by atoms with E-state index >= 15 is 0 Å². The Morgan fingerprint density at radius 2 is 1.89 bits per heavy atom. The molecule has 2 aromatic carbocycles. The molecule has 2 aliphatic rings. The minimum atomic E-state index is -0.251. The maximum Gasteiger partial charge on any atom is 0.324 e. The van der Waals surface area contributed by atoms with Crippen LogP contribution in [0.2, 0.25) is 0 Å². The summed E-state index contributed by atoms with van der Waals surface area (Å²) in [5.41, 5.74) is 2.49. The molecule has 0 unspecified atom stereocenters. The topological polar surface area (TPSA) is 55.9 Å². The number of benzene rings is 2. The van der Waals surface area contributed by atoms with Crippen molar-refractivity contribution in [2.45, 2.75) is 12.3 Å². The largest absolute Gasteiger partial charge is 0.326 e. The summed E-state index contributed by atoms with van der Waals surface area (Å²) >= 11 is 0. The van der Waals surface area contributed by atoms with Crippen LogP contribution in [0.5, 0.6) is 0 Å². The number of carbonyl (C=O) groups excluding carboxylic acids is 2. The highest BCUT2D eigenvalue weighted by Crippen LogP contribution is 2.28. The van der Waals surface area contributed by atoms with Crippen LogP contribution in [0.15, 0.2) is 48.5 Å². The molecule has 146 valence electrons. The van der Waals surface area contributed by atoms with Crippen molar-refractivity contribution in [2.75, 3.05) is 43.4 Å². The van der Waals surface area contributed by atoms with Gasteiger partial charge in [0, 0.05) is 50.5 Å². The highest BCUT2D eigenvalue weighted by atomic mass is 19.1. The van der Waals surface area contributed by atoms with E-state index in [9.17, 15) is 14.0 Å². The van der Waals surface area contributed by atoms with Gasteiger partial charge in [-0.2, -0.15) is 0 Å². The molecule has 2 heterocycles. The summed E-state index contributed by atoms with van der Waals surface area (Å²) in [4.78, 5) is 30.0. The SMILES string of the molecule is CN1CCN(c2cccc(NC(=O)N3CC[C@H](c4ccc(F)cc4)C3)c2)C1=O. The molecule has 0 aliphatic carbocycles. The van der Waals surface area contributed by atoms with Gasteiger partial charge in [0.1, 0.15) is 5.82 Å². The number of anilines is 2. The third-order valence-electron chi connectivity index (χ3n) is 5.44. The number of likely N-dealkylation sites (tertiary alicyclic amines) is 1. The second kappa shape index (κ2) is 7.50. The lowest BCUT2D eigenvalue weighted by Gasteiger charge is -2.20. The van der Waals surface area contributed by atoms with Gasteiger partial charge in [0.05, 0.1) is 0 Å². The fourth-order valence-electron chi connectivity index (χ4n) is 3.79. The van der Waals surface area contributed by atoms with Gasteiger partial charge >= 0.3 is 12.1 Å². The molecule has 1 N–H and O–H groups in total. The highest BCUT2D eigenvalue weighted by molar-refractivity contribution is 5.95. The Balaban J connectivity index is 1.40. The minimum absolute atomic E-state index is 0.0369. The number of hydrogen-bond donors (Lipinski definition) is 1. The molecule has 1 atom stereocenters. The third-order valence-corrected chi connectivity index (χ3v) is 5.44. The van der Waals surface area contributed by atoms with E-state index in [2.05, 4.69) is 5.32 Å². The summed E-state index contributed by atoms with van der Waals surface area (Å²) in [6.45, 7) is 2.59. The summed E-state index contributed by atoms with van der Waals surface area (Å²) in [7, 11) is 1.78. The fourth-order valence-corrected chi connectivity index (χ4v) is 3.79. The molecular weight excluding hydrogens is 359 g/mol. The zero-order valence-corrected chi connectivity index (χ0v) is 15.8. The summed E-state index contributed by atoms with van der Waals surface area (Å²) in [5, 5.41) is 2.93. The zero-order chi connectivity index (χ0) is 19.7. The number of likely N-dealkylation sites (N-methyl/N-ethyl adjacent to an activating group) is 1. The number of halogens is 1. The van der Waals surface area contributed by atoms with Crippen LogP contribution in [0.4, 0.5) is 25.4 Å². The predicted octanol–water partition coefficient (Wildman–Crippen LogP) is 3.72. The maximum absolute atomic E-state index is 13.1. The molecule has 2 saturated heterocycles. The summed E-state index contributed by atoms with van der Waals surface area (Å²) in [5.74, 6) is -0.0330.